The van der Waals surface area contributed by atoms with Gasteiger partial charge in [0.15, 0.2) is 5.76 Å². The zero-order valence-electron chi connectivity index (χ0n) is 16.3. The highest BCUT2D eigenvalue weighted by atomic mass is 16.6. The molecule has 0 bridgehead atoms. The van der Waals surface area contributed by atoms with Gasteiger partial charge in [-0.3, -0.25) is 10.1 Å². The van der Waals surface area contributed by atoms with Crippen molar-refractivity contribution in [3.63, 3.8) is 0 Å². The zero-order valence-corrected chi connectivity index (χ0v) is 16.3. The van der Waals surface area contributed by atoms with Crippen LogP contribution in [0.2, 0.25) is 0 Å². The summed E-state index contributed by atoms with van der Waals surface area (Å²) < 4.78 is 11.6. The fourth-order valence-corrected chi connectivity index (χ4v) is 4.08. The molecule has 0 radical (unpaired) electrons. The fourth-order valence-electron chi connectivity index (χ4n) is 4.08. The van der Waals surface area contributed by atoms with Crippen molar-refractivity contribution in [2.45, 2.75) is 12.0 Å². The first kappa shape index (κ1) is 18.8. The molecule has 0 fully saturated rings. The number of rotatable bonds is 3. The topological polar surface area (TPSA) is 82.6 Å². The predicted octanol–water partition coefficient (Wildman–Crippen LogP) is 5.00. The van der Waals surface area contributed by atoms with E-state index in [2.05, 4.69) is 0 Å². The molecule has 4 aromatic rings. The Morgan fingerprint density at radius 3 is 2.23 bits per heavy atom. The molecule has 1 aliphatic rings. The highest BCUT2D eigenvalue weighted by Crippen LogP contribution is 2.45. The van der Waals surface area contributed by atoms with Crippen LogP contribution in [0.5, 0.6) is 5.75 Å². The lowest BCUT2D eigenvalue weighted by Gasteiger charge is -2.30. The third kappa shape index (κ3) is 3.28. The van der Waals surface area contributed by atoms with Gasteiger partial charge in [-0.05, 0) is 29.3 Å². The van der Waals surface area contributed by atoms with Crippen LogP contribution in [0.4, 0.5) is 0 Å². The molecule has 0 aliphatic carbocycles. The molecule has 2 heterocycles. The number of para-hydroxylation sites is 1. The molecule has 5 rings (SSSR count). The van der Waals surface area contributed by atoms with E-state index in [0.29, 0.717) is 22.3 Å². The summed E-state index contributed by atoms with van der Waals surface area (Å²) in [5, 5.41) is 12.9. The van der Waals surface area contributed by atoms with Crippen LogP contribution in [0, 0.1) is 10.1 Å². The molecule has 3 aromatic carbocycles. The molecule has 6 heteroatoms. The number of nitrogens with zero attached hydrogens (tertiary/aromatic N) is 1. The SMILES string of the molecule is O=c1oc2ccccc2c2c1[C@@H](c1ccccc1)[C@H]([N+](=O)[O-])/C(=C\c1ccccc1)O2. The summed E-state index contributed by atoms with van der Waals surface area (Å²) in [4.78, 5) is 24.9. The lowest BCUT2D eigenvalue weighted by molar-refractivity contribution is -0.519. The zero-order chi connectivity index (χ0) is 21.4. The van der Waals surface area contributed by atoms with Crippen LogP contribution in [-0.2, 0) is 0 Å². The summed E-state index contributed by atoms with van der Waals surface area (Å²) in [6.45, 7) is 0. The second-order valence-corrected chi connectivity index (χ2v) is 7.31. The van der Waals surface area contributed by atoms with Crippen LogP contribution < -0.4 is 10.4 Å². The van der Waals surface area contributed by atoms with Gasteiger partial charge >= 0.3 is 5.63 Å². The highest BCUT2D eigenvalue weighted by Gasteiger charge is 2.47. The maximum Gasteiger partial charge on any atom is 0.344 e. The molecule has 1 aliphatic heterocycles. The Morgan fingerprint density at radius 2 is 1.52 bits per heavy atom. The molecule has 0 unspecified atom stereocenters. The minimum atomic E-state index is -1.28. The van der Waals surface area contributed by atoms with Crippen molar-refractivity contribution in [1.29, 1.82) is 0 Å². The molecule has 6 nitrogen and oxygen atoms in total. The molecule has 0 N–H and O–H groups in total. The van der Waals surface area contributed by atoms with E-state index < -0.39 is 22.5 Å². The number of hydrogen-bond donors (Lipinski definition) is 0. The van der Waals surface area contributed by atoms with E-state index in [0.717, 1.165) is 5.56 Å². The minimum Gasteiger partial charge on any atom is -0.453 e. The van der Waals surface area contributed by atoms with Crippen LogP contribution >= 0.6 is 0 Å². The molecule has 0 spiro atoms. The second-order valence-electron chi connectivity index (χ2n) is 7.31. The summed E-state index contributed by atoms with van der Waals surface area (Å²) in [6.07, 6.45) is 1.66. The number of ether oxygens (including phenoxy) is 1. The van der Waals surface area contributed by atoms with Gasteiger partial charge in [-0.15, -0.1) is 0 Å². The summed E-state index contributed by atoms with van der Waals surface area (Å²) in [7, 11) is 0. The summed E-state index contributed by atoms with van der Waals surface area (Å²) in [6, 6.07) is 24.0. The van der Waals surface area contributed by atoms with Gasteiger partial charge in [0.2, 0.25) is 0 Å². The molecule has 1 aromatic heterocycles. The standard InChI is InChI=1S/C25H17NO5/c27-25-22-21(17-11-5-2-6-12-17)23(26(28)29)20(15-16-9-3-1-4-10-16)30-24(22)18-13-7-8-14-19(18)31-25/h1-15,21,23H/b20-15+/t21-,23-/m1/s1. The van der Waals surface area contributed by atoms with Gasteiger partial charge in [-0.2, -0.15) is 0 Å². The van der Waals surface area contributed by atoms with Gasteiger partial charge in [0.05, 0.1) is 16.9 Å². The first-order valence-electron chi connectivity index (χ1n) is 9.82. The first-order valence-corrected chi connectivity index (χ1v) is 9.82. The van der Waals surface area contributed by atoms with E-state index >= 15 is 0 Å². The van der Waals surface area contributed by atoms with E-state index in [1.54, 1.807) is 48.5 Å². The smallest absolute Gasteiger partial charge is 0.344 e. The van der Waals surface area contributed by atoms with Gasteiger partial charge in [-0.25, -0.2) is 4.79 Å². The maximum atomic E-state index is 13.0. The average Bonchev–Trinajstić information content (AvgIpc) is 2.79. The Bertz CT molecular complexity index is 1360. The molecule has 31 heavy (non-hydrogen) atoms. The predicted molar refractivity (Wildman–Crippen MR) is 117 cm³/mol. The molecule has 0 saturated heterocycles. The molecule has 152 valence electrons. The van der Waals surface area contributed by atoms with Crippen molar-refractivity contribution < 1.29 is 14.1 Å². The van der Waals surface area contributed by atoms with E-state index in [1.807, 2.05) is 42.5 Å². The van der Waals surface area contributed by atoms with Crippen molar-refractivity contribution in [2.75, 3.05) is 0 Å². The van der Waals surface area contributed by atoms with Crippen LogP contribution in [0.3, 0.4) is 0 Å². The van der Waals surface area contributed by atoms with Gasteiger partial charge in [-0.1, -0.05) is 72.8 Å². The Kier molecular flexibility index (Phi) is 4.59. The highest BCUT2D eigenvalue weighted by molar-refractivity contribution is 5.85. The number of fused-ring (bicyclic) bond motifs is 3. The second kappa shape index (κ2) is 7.57. The van der Waals surface area contributed by atoms with Gasteiger partial charge in [0.25, 0.3) is 6.04 Å². The molecule has 0 amide bonds. The summed E-state index contributed by atoms with van der Waals surface area (Å²) >= 11 is 0. The largest absolute Gasteiger partial charge is 0.453 e. The molecular formula is C25H17NO5. The lowest BCUT2D eigenvalue weighted by Crippen LogP contribution is -2.39. The van der Waals surface area contributed by atoms with Crippen LogP contribution in [0.1, 0.15) is 22.6 Å². The normalized spacial score (nSPS) is 19.0. The average molecular weight is 411 g/mol. The van der Waals surface area contributed by atoms with Crippen molar-refractivity contribution in [1.82, 2.24) is 0 Å². The Hall–Kier alpha value is -4.19. The lowest BCUT2D eigenvalue weighted by atomic mass is 9.82. The fraction of sp³-hybridized carbons (Fsp3) is 0.0800. The Labute approximate surface area is 177 Å². The maximum absolute atomic E-state index is 13.0. The molecule has 0 saturated carbocycles. The Balaban J connectivity index is 1.84. The molecular weight excluding hydrogens is 394 g/mol. The quantitative estimate of drug-likeness (QED) is 0.269. The van der Waals surface area contributed by atoms with Gasteiger partial charge in [0, 0.05) is 4.92 Å². The van der Waals surface area contributed by atoms with E-state index in [-0.39, 0.29) is 11.3 Å². The third-order valence-corrected chi connectivity index (χ3v) is 5.43. The van der Waals surface area contributed by atoms with E-state index in [9.17, 15) is 14.9 Å². The number of hydrogen-bond acceptors (Lipinski definition) is 5. The van der Waals surface area contributed by atoms with Gasteiger partial charge < -0.3 is 9.15 Å². The van der Waals surface area contributed by atoms with Crippen molar-refractivity contribution in [3.05, 3.63) is 128 Å². The summed E-state index contributed by atoms with van der Waals surface area (Å²) in [5.74, 6) is -0.370. The van der Waals surface area contributed by atoms with E-state index in [1.165, 1.54) is 0 Å². The number of benzene rings is 3. The Morgan fingerprint density at radius 1 is 0.871 bits per heavy atom. The minimum absolute atomic E-state index is 0.164. The van der Waals surface area contributed by atoms with Crippen molar-refractivity contribution in [2.24, 2.45) is 0 Å². The third-order valence-electron chi connectivity index (χ3n) is 5.43. The van der Waals surface area contributed by atoms with Crippen LogP contribution in [-0.4, -0.2) is 11.0 Å². The van der Waals surface area contributed by atoms with Crippen molar-refractivity contribution in [3.8, 4) is 5.75 Å². The first-order chi connectivity index (χ1) is 15.1. The van der Waals surface area contributed by atoms with Crippen LogP contribution in [0.25, 0.3) is 17.0 Å². The van der Waals surface area contributed by atoms with Crippen LogP contribution in [0.15, 0.2) is 99.9 Å². The van der Waals surface area contributed by atoms with Crippen molar-refractivity contribution >= 4 is 17.0 Å². The number of nitro groups is 1. The summed E-state index contributed by atoms with van der Waals surface area (Å²) in [5.41, 5.74) is 1.32. The molecule has 2 atom stereocenters. The monoisotopic (exact) mass is 411 g/mol. The van der Waals surface area contributed by atoms with Gasteiger partial charge in [0.1, 0.15) is 11.3 Å². The van der Waals surface area contributed by atoms with E-state index in [4.69, 9.17) is 9.15 Å².